The van der Waals surface area contributed by atoms with Gasteiger partial charge in [0.15, 0.2) is 0 Å². The van der Waals surface area contributed by atoms with E-state index in [1.165, 1.54) is 17.1 Å². The van der Waals surface area contributed by atoms with Crippen LogP contribution in [0.1, 0.15) is 24.4 Å². The summed E-state index contributed by atoms with van der Waals surface area (Å²) in [6.45, 7) is 3.80. The van der Waals surface area contributed by atoms with E-state index >= 15 is 0 Å². The smallest absolute Gasteiger partial charge is 0.227 e. The molecule has 2 saturated heterocycles. The van der Waals surface area contributed by atoms with E-state index in [1.807, 2.05) is 28.2 Å². The predicted molar refractivity (Wildman–Crippen MR) is 80.2 cm³/mol. The first-order valence-electron chi connectivity index (χ1n) is 7.25. The molecule has 2 aromatic rings. The highest BCUT2D eigenvalue weighted by atomic mass is 32.1. The lowest BCUT2D eigenvalue weighted by molar-refractivity contribution is -0.117. The van der Waals surface area contributed by atoms with Gasteiger partial charge in [0.25, 0.3) is 0 Å². The van der Waals surface area contributed by atoms with E-state index < -0.39 is 0 Å². The summed E-state index contributed by atoms with van der Waals surface area (Å²) >= 11 is 1.50. The van der Waals surface area contributed by atoms with Gasteiger partial charge >= 0.3 is 0 Å². The standard InChI is InChI=1S/C14H17N5OS/c20-14-2-1-3-18(14)12-5-15-19(9-12)13-7-17(8-13)6-11-4-16-21-10-11/h4-5,9-10,13H,1-3,6-8H2. The number of carbonyl (C=O) groups is 1. The summed E-state index contributed by atoms with van der Waals surface area (Å²) in [4.78, 5) is 16.0. The number of amides is 1. The molecular formula is C14H17N5OS. The van der Waals surface area contributed by atoms with Crippen molar-refractivity contribution < 1.29 is 4.79 Å². The highest BCUT2D eigenvalue weighted by Crippen LogP contribution is 2.26. The number of hydrogen-bond donors (Lipinski definition) is 0. The van der Waals surface area contributed by atoms with Gasteiger partial charge in [0.1, 0.15) is 0 Å². The van der Waals surface area contributed by atoms with Gasteiger partial charge in [-0.3, -0.25) is 14.4 Å². The summed E-state index contributed by atoms with van der Waals surface area (Å²) in [5.41, 5.74) is 2.22. The fourth-order valence-electron chi connectivity index (χ4n) is 2.99. The van der Waals surface area contributed by atoms with Crippen LogP contribution in [-0.2, 0) is 11.3 Å². The Labute approximate surface area is 127 Å². The molecule has 0 aromatic carbocycles. The van der Waals surface area contributed by atoms with Gasteiger partial charge in [-0.2, -0.15) is 5.10 Å². The molecule has 21 heavy (non-hydrogen) atoms. The Hall–Kier alpha value is -1.73. The molecule has 2 aliphatic heterocycles. The first-order valence-corrected chi connectivity index (χ1v) is 8.08. The fourth-order valence-corrected chi connectivity index (χ4v) is 3.52. The van der Waals surface area contributed by atoms with Crippen molar-refractivity contribution in [3.05, 3.63) is 29.5 Å². The molecule has 2 aromatic heterocycles. The predicted octanol–water partition coefficient (Wildman–Crippen LogP) is 1.52. The van der Waals surface area contributed by atoms with Gasteiger partial charge in [-0.25, -0.2) is 4.37 Å². The van der Waals surface area contributed by atoms with Crippen LogP contribution in [0.5, 0.6) is 0 Å². The van der Waals surface area contributed by atoms with Crippen LogP contribution >= 0.6 is 11.5 Å². The monoisotopic (exact) mass is 303 g/mol. The maximum atomic E-state index is 11.7. The molecule has 110 valence electrons. The number of hydrogen-bond acceptors (Lipinski definition) is 5. The van der Waals surface area contributed by atoms with Gasteiger partial charge in [-0.1, -0.05) is 0 Å². The van der Waals surface area contributed by atoms with Crippen molar-refractivity contribution in [1.29, 1.82) is 0 Å². The Balaban J connectivity index is 1.36. The minimum atomic E-state index is 0.217. The maximum absolute atomic E-state index is 11.7. The number of aromatic nitrogens is 3. The van der Waals surface area contributed by atoms with Crippen molar-refractivity contribution in [2.45, 2.75) is 25.4 Å². The van der Waals surface area contributed by atoms with Crippen molar-refractivity contribution in [2.75, 3.05) is 24.5 Å². The van der Waals surface area contributed by atoms with Gasteiger partial charge < -0.3 is 4.90 Å². The Kier molecular flexibility index (Phi) is 3.23. The van der Waals surface area contributed by atoms with Gasteiger partial charge in [-0.05, 0) is 23.5 Å². The Morgan fingerprint density at radius 1 is 1.33 bits per heavy atom. The molecule has 2 aliphatic rings. The Morgan fingerprint density at radius 3 is 2.95 bits per heavy atom. The first kappa shape index (κ1) is 13.0. The van der Waals surface area contributed by atoms with Crippen LogP contribution in [0.4, 0.5) is 5.69 Å². The average Bonchev–Trinajstić information content (AvgIpc) is 3.14. The minimum absolute atomic E-state index is 0.217. The number of likely N-dealkylation sites (tertiary alicyclic amines) is 1. The summed E-state index contributed by atoms with van der Waals surface area (Å²) in [5.74, 6) is 0.217. The van der Waals surface area contributed by atoms with Crippen LogP contribution in [0.25, 0.3) is 0 Å². The topological polar surface area (TPSA) is 54.3 Å². The number of rotatable bonds is 4. The number of anilines is 1. The van der Waals surface area contributed by atoms with Crippen molar-refractivity contribution >= 4 is 23.1 Å². The zero-order chi connectivity index (χ0) is 14.2. The lowest BCUT2D eigenvalue weighted by Gasteiger charge is -2.38. The lowest BCUT2D eigenvalue weighted by Crippen LogP contribution is -2.47. The second-order valence-corrected chi connectivity index (χ2v) is 6.37. The molecule has 0 saturated carbocycles. The van der Waals surface area contributed by atoms with Crippen LogP contribution in [0.3, 0.4) is 0 Å². The van der Waals surface area contributed by atoms with Crippen molar-refractivity contribution in [3.8, 4) is 0 Å². The van der Waals surface area contributed by atoms with Gasteiger partial charge in [0.2, 0.25) is 5.91 Å². The van der Waals surface area contributed by atoms with Crippen LogP contribution in [0.15, 0.2) is 24.0 Å². The van der Waals surface area contributed by atoms with Gasteiger partial charge in [0.05, 0.1) is 17.9 Å². The first-order chi connectivity index (χ1) is 10.3. The third-order valence-corrected chi connectivity index (χ3v) is 4.81. The molecule has 0 N–H and O–H groups in total. The van der Waals surface area contributed by atoms with E-state index in [9.17, 15) is 4.79 Å². The highest BCUT2D eigenvalue weighted by Gasteiger charge is 2.30. The molecule has 0 unspecified atom stereocenters. The molecule has 0 bridgehead atoms. The molecule has 2 fully saturated rings. The van der Waals surface area contributed by atoms with E-state index in [4.69, 9.17) is 0 Å². The molecule has 0 radical (unpaired) electrons. The summed E-state index contributed by atoms with van der Waals surface area (Å²) in [6.07, 6.45) is 7.38. The summed E-state index contributed by atoms with van der Waals surface area (Å²) in [6, 6.07) is 0.419. The average molecular weight is 303 g/mol. The van der Waals surface area contributed by atoms with E-state index in [0.29, 0.717) is 12.5 Å². The van der Waals surface area contributed by atoms with E-state index in [-0.39, 0.29) is 5.91 Å². The maximum Gasteiger partial charge on any atom is 0.227 e. The molecular weight excluding hydrogens is 286 g/mol. The molecule has 6 nitrogen and oxygen atoms in total. The van der Waals surface area contributed by atoms with Gasteiger partial charge in [-0.15, -0.1) is 0 Å². The summed E-state index contributed by atoms with van der Waals surface area (Å²) in [5, 5.41) is 6.53. The highest BCUT2D eigenvalue weighted by molar-refractivity contribution is 7.03. The largest absolute Gasteiger partial charge is 0.309 e. The Morgan fingerprint density at radius 2 is 2.24 bits per heavy atom. The van der Waals surface area contributed by atoms with Crippen molar-refractivity contribution in [2.24, 2.45) is 0 Å². The molecule has 0 spiro atoms. The zero-order valence-corrected chi connectivity index (χ0v) is 12.5. The van der Waals surface area contributed by atoms with Crippen molar-refractivity contribution in [3.63, 3.8) is 0 Å². The van der Waals surface area contributed by atoms with Crippen LogP contribution in [-0.4, -0.2) is 44.6 Å². The second kappa shape index (κ2) is 5.23. The molecule has 7 heteroatoms. The lowest BCUT2D eigenvalue weighted by atomic mass is 10.1. The number of nitrogens with zero attached hydrogens (tertiary/aromatic N) is 5. The van der Waals surface area contributed by atoms with Crippen LogP contribution < -0.4 is 4.90 Å². The normalized spacial score (nSPS) is 20.2. The third-order valence-electron chi connectivity index (χ3n) is 4.17. The zero-order valence-electron chi connectivity index (χ0n) is 11.7. The summed E-state index contributed by atoms with van der Waals surface area (Å²) < 4.78 is 6.13. The quantitative estimate of drug-likeness (QED) is 0.859. The van der Waals surface area contributed by atoms with Crippen molar-refractivity contribution in [1.82, 2.24) is 19.1 Å². The van der Waals surface area contributed by atoms with E-state index in [0.717, 1.165) is 38.3 Å². The van der Waals surface area contributed by atoms with E-state index in [2.05, 4.69) is 19.8 Å². The second-order valence-electron chi connectivity index (χ2n) is 5.71. The third kappa shape index (κ3) is 2.47. The van der Waals surface area contributed by atoms with Crippen LogP contribution in [0, 0.1) is 0 Å². The fraction of sp³-hybridized carbons (Fsp3) is 0.500. The van der Waals surface area contributed by atoms with E-state index in [1.54, 1.807) is 0 Å². The van der Waals surface area contributed by atoms with Crippen LogP contribution in [0.2, 0.25) is 0 Å². The van der Waals surface area contributed by atoms with Gasteiger partial charge in [0, 0.05) is 50.4 Å². The summed E-state index contributed by atoms with van der Waals surface area (Å²) in [7, 11) is 0. The molecule has 4 rings (SSSR count). The Bertz CT molecular complexity index is 632. The molecule has 0 aliphatic carbocycles. The SMILES string of the molecule is O=C1CCCN1c1cnn(C2CN(Cc3cnsc3)C2)c1. The minimum Gasteiger partial charge on any atom is -0.309 e. The number of carbonyl (C=O) groups excluding carboxylic acids is 1. The molecule has 4 heterocycles. The molecule has 1 amide bonds. The molecule has 0 atom stereocenters.